The maximum Gasteiger partial charge on any atom is 0.262 e. The van der Waals surface area contributed by atoms with Crippen LogP contribution in [0.1, 0.15) is 0 Å². The van der Waals surface area contributed by atoms with Gasteiger partial charge in [0.1, 0.15) is 0 Å². The van der Waals surface area contributed by atoms with Gasteiger partial charge in [0.15, 0.2) is 5.65 Å². The monoisotopic (exact) mass is 424 g/mol. The Morgan fingerprint density at radius 1 is 1.10 bits per heavy atom. The molecule has 0 bridgehead atoms. The van der Waals surface area contributed by atoms with E-state index in [1.807, 2.05) is 52.7 Å². The molecule has 4 aromatic rings. The molecule has 0 atom stereocenters. The highest BCUT2D eigenvalue weighted by molar-refractivity contribution is 7.13. The Morgan fingerprint density at radius 3 is 2.62 bits per heavy atom. The van der Waals surface area contributed by atoms with Gasteiger partial charge in [-0.1, -0.05) is 29.8 Å². The van der Waals surface area contributed by atoms with Gasteiger partial charge >= 0.3 is 0 Å². The lowest BCUT2D eigenvalue weighted by Crippen LogP contribution is -2.38. The van der Waals surface area contributed by atoms with E-state index >= 15 is 0 Å². The largest absolute Gasteiger partial charge is 0.378 e. The molecule has 0 spiro atoms. The number of fused-ring (bicyclic) bond motifs is 1. The average molecular weight is 425 g/mol. The lowest BCUT2D eigenvalue weighted by molar-refractivity contribution is 0.122. The third-order valence-electron chi connectivity index (χ3n) is 4.90. The maximum atomic E-state index is 13.1. The first-order chi connectivity index (χ1) is 14.2. The standard InChI is InChI=1S/C21H17ClN4O2S/c22-14-5-3-13(4-6-14)15-12-16(17-2-1-11-29-17)23-19-18(15)20(27)25-21(24-19)26-7-9-28-10-8-26/h1-6,11-12H,7-10H2,(H,23,24,25,27). The number of halogens is 1. The molecule has 4 heterocycles. The first-order valence-corrected chi connectivity index (χ1v) is 10.5. The fourth-order valence-corrected chi connectivity index (χ4v) is 4.27. The van der Waals surface area contributed by atoms with Gasteiger partial charge in [0.25, 0.3) is 5.56 Å². The molecule has 1 fully saturated rings. The number of pyridine rings is 1. The molecule has 1 aliphatic rings. The molecule has 0 radical (unpaired) electrons. The normalized spacial score (nSPS) is 14.4. The molecule has 1 aliphatic heterocycles. The first-order valence-electron chi connectivity index (χ1n) is 9.26. The number of anilines is 1. The van der Waals surface area contributed by atoms with E-state index < -0.39 is 0 Å². The molecule has 1 aromatic carbocycles. The van der Waals surface area contributed by atoms with Crippen molar-refractivity contribution in [2.24, 2.45) is 0 Å². The first kappa shape index (κ1) is 18.3. The van der Waals surface area contributed by atoms with Gasteiger partial charge in [-0.05, 0) is 35.2 Å². The Labute approximate surface area is 175 Å². The summed E-state index contributed by atoms with van der Waals surface area (Å²) < 4.78 is 5.41. The summed E-state index contributed by atoms with van der Waals surface area (Å²) in [7, 11) is 0. The molecule has 3 aromatic heterocycles. The van der Waals surface area contributed by atoms with E-state index in [9.17, 15) is 4.79 Å². The topological polar surface area (TPSA) is 71.1 Å². The Morgan fingerprint density at radius 2 is 1.90 bits per heavy atom. The van der Waals surface area contributed by atoms with Crippen molar-refractivity contribution in [1.82, 2.24) is 15.0 Å². The number of hydrogen-bond donors (Lipinski definition) is 1. The van der Waals surface area contributed by atoms with Crippen molar-refractivity contribution < 1.29 is 4.74 Å². The molecule has 8 heteroatoms. The van der Waals surface area contributed by atoms with Crippen LogP contribution in [0.4, 0.5) is 5.95 Å². The Hall–Kier alpha value is -2.74. The van der Waals surface area contributed by atoms with Crippen molar-refractivity contribution in [3.63, 3.8) is 0 Å². The average Bonchev–Trinajstić information content (AvgIpc) is 3.29. The van der Waals surface area contributed by atoms with Gasteiger partial charge in [-0.3, -0.25) is 9.78 Å². The second-order valence-electron chi connectivity index (χ2n) is 6.73. The number of morpholine rings is 1. The smallest absolute Gasteiger partial charge is 0.262 e. The van der Waals surface area contributed by atoms with Crippen LogP contribution in [0.3, 0.4) is 0 Å². The minimum Gasteiger partial charge on any atom is -0.378 e. The van der Waals surface area contributed by atoms with Gasteiger partial charge in [-0.25, -0.2) is 4.98 Å². The minimum atomic E-state index is -0.202. The lowest BCUT2D eigenvalue weighted by Gasteiger charge is -2.27. The fraction of sp³-hybridized carbons (Fsp3) is 0.190. The Bertz CT molecular complexity index is 1220. The number of hydrogen-bond acceptors (Lipinski definition) is 6. The van der Waals surface area contributed by atoms with Crippen LogP contribution >= 0.6 is 22.9 Å². The van der Waals surface area contributed by atoms with Crippen molar-refractivity contribution in [1.29, 1.82) is 0 Å². The highest BCUT2D eigenvalue weighted by atomic mass is 35.5. The van der Waals surface area contributed by atoms with E-state index in [0.29, 0.717) is 48.3 Å². The fourth-order valence-electron chi connectivity index (χ4n) is 3.46. The molecular weight excluding hydrogens is 408 g/mol. The Balaban J connectivity index is 1.75. The molecule has 1 saturated heterocycles. The van der Waals surface area contributed by atoms with Gasteiger partial charge in [0.2, 0.25) is 5.95 Å². The molecule has 0 unspecified atom stereocenters. The van der Waals surface area contributed by atoms with Crippen LogP contribution in [-0.2, 0) is 4.74 Å². The van der Waals surface area contributed by atoms with Crippen LogP contribution in [0.25, 0.3) is 32.7 Å². The number of aromatic amines is 1. The summed E-state index contributed by atoms with van der Waals surface area (Å²) in [5.41, 5.74) is 2.71. The van der Waals surface area contributed by atoms with Gasteiger partial charge in [0, 0.05) is 23.7 Å². The van der Waals surface area contributed by atoms with Crippen molar-refractivity contribution in [3.05, 3.63) is 63.2 Å². The SMILES string of the molecule is O=c1[nH]c(N2CCOCC2)nc2nc(-c3cccs3)cc(-c3ccc(Cl)cc3)c12. The van der Waals surface area contributed by atoms with Crippen LogP contribution in [0, 0.1) is 0 Å². The summed E-state index contributed by atoms with van der Waals surface area (Å²) in [5.74, 6) is 0.531. The maximum absolute atomic E-state index is 13.1. The van der Waals surface area contributed by atoms with Crippen LogP contribution in [0.15, 0.2) is 52.6 Å². The summed E-state index contributed by atoms with van der Waals surface area (Å²) >= 11 is 7.66. The predicted molar refractivity (Wildman–Crippen MR) is 117 cm³/mol. The van der Waals surface area contributed by atoms with E-state index in [1.54, 1.807) is 11.3 Å². The molecule has 146 valence electrons. The molecule has 0 saturated carbocycles. The van der Waals surface area contributed by atoms with E-state index in [4.69, 9.17) is 26.3 Å². The van der Waals surface area contributed by atoms with Crippen molar-refractivity contribution in [3.8, 4) is 21.7 Å². The van der Waals surface area contributed by atoms with Gasteiger partial charge < -0.3 is 9.64 Å². The van der Waals surface area contributed by atoms with Gasteiger partial charge in [-0.2, -0.15) is 4.98 Å². The highest BCUT2D eigenvalue weighted by Gasteiger charge is 2.19. The Kier molecular flexibility index (Phi) is 4.79. The summed E-state index contributed by atoms with van der Waals surface area (Å²) in [5, 5.41) is 3.13. The quantitative estimate of drug-likeness (QED) is 0.533. The molecule has 1 N–H and O–H groups in total. The summed E-state index contributed by atoms with van der Waals surface area (Å²) in [6, 6.07) is 13.4. The summed E-state index contributed by atoms with van der Waals surface area (Å²) in [6.45, 7) is 2.59. The van der Waals surface area contributed by atoms with E-state index in [0.717, 1.165) is 21.7 Å². The van der Waals surface area contributed by atoms with Crippen LogP contribution in [0.5, 0.6) is 0 Å². The minimum absolute atomic E-state index is 0.202. The van der Waals surface area contributed by atoms with Crippen LogP contribution in [-0.4, -0.2) is 41.3 Å². The van der Waals surface area contributed by atoms with Crippen molar-refractivity contribution >= 4 is 39.9 Å². The third kappa shape index (κ3) is 3.53. The molecule has 0 aliphatic carbocycles. The number of nitrogens with zero attached hydrogens (tertiary/aromatic N) is 3. The number of H-pyrrole nitrogens is 1. The zero-order valence-corrected chi connectivity index (χ0v) is 17.0. The number of nitrogens with one attached hydrogen (secondary N) is 1. The summed E-state index contributed by atoms with van der Waals surface area (Å²) in [4.78, 5) is 28.5. The molecule has 29 heavy (non-hydrogen) atoms. The van der Waals surface area contributed by atoms with Crippen LogP contribution < -0.4 is 10.5 Å². The van der Waals surface area contributed by atoms with Gasteiger partial charge in [-0.15, -0.1) is 11.3 Å². The van der Waals surface area contributed by atoms with E-state index in [1.165, 1.54) is 0 Å². The third-order valence-corrected chi connectivity index (χ3v) is 6.05. The van der Waals surface area contributed by atoms with Crippen molar-refractivity contribution in [2.45, 2.75) is 0 Å². The second kappa shape index (κ2) is 7.59. The molecule has 6 nitrogen and oxygen atoms in total. The highest BCUT2D eigenvalue weighted by Crippen LogP contribution is 2.32. The molecule has 0 amide bonds. The van der Waals surface area contributed by atoms with Crippen LogP contribution in [0.2, 0.25) is 5.02 Å². The number of thiophene rings is 1. The number of ether oxygens (including phenoxy) is 1. The zero-order chi connectivity index (χ0) is 19.8. The molecule has 5 rings (SSSR count). The number of rotatable bonds is 3. The predicted octanol–water partition coefficient (Wildman–Crippen LogP) is 4.20. The van der Waals surface area contributed by atoms with E-state index in [-0.39, 0.29) is 5.56 Å². The van der Waals surface area contributed by atoms with E-state index in [2.05, 4.69) is 4.98 Å². The second-order valence-corrected chi connectivity index (χ2v) is 8.11. The lowest BCUT2D eigenvalue weighted by atomic mass is 10.0. The van der Waals surface area contributed by atoms with Crippen molar-refractivity contribution in [2.75, 3.05) is 31.2 Å². The number of aromatic nitrogens is 3. The number of benzene rings is 1. The van der Waals surface area contributed by atoms with Gasteiger partial charge in [0.05, 0.1) is 29.2 Å². The zero-order valence-electron chi connectivity index (χ0n) is 15.4. The molecular formula is C21H17ClN4O2S. The summed E-state index contributed by atoms with van der Waals surface area (Å²) in [6.07, 6.45) is 0.